The summed E-state index contributed by atoms with van der Waals surface area (Å²) in [7, 11) is 4.78. The quantitative estimate of drug-likeness (QED) is 0.555. The maximum Gasteiger partial charge on any atom is 0.226 e. The molecule has 2 atom stereocenters. The minimum atomic E-state index is -0.550. The SMILES string of the molecule is COc1ccc(C2CC(=O)NC(Nc3nc(C)c4cccc(OC)c4n3)N2)cc1OC. The van der Waals surface area contributed by atoms with Gasteiger partial charge in [0.15, 0.2) is 17.8 Å². The Balaban J connectivity index is 1.59. The lowest BCUT2D eigenvalue weighted by Crippen LogP contribution is -2.57. The molecular formula is C22H25N5O4. The molecule has 162 valence electrons. The van der Waals surface area contributed by atoms with E-state index in [9.17, 15) is 4.79 Å². The van der Waals surface area contributed by atoms with Gasteiger partial charge in [-0.3, -0.25) is 10.1 Å². The number of aryl methyl sites for hydroxylation is 1. The Kier molecular flexibility index (Phi) is 5.77. The van der Waals surface area contributed by atoms with E-state index in [0.29, 0.717) is 35.1 Å². The second kappa shape index (κ2) is 8.65. The van der Waals surface area contributed by atoms with Gasteiger partial charge in [0, 0.05) is 17.8 Å². The van der Waals surface area contributed by atoms with E-state index in [4.69, 9.17) is 14.2 Å². The predicted molar refractivity (Wildman–Crippen MR) is 116 cm³/mol. The molecule has 1 aromatic heterocycles. The van der Waals surface area contributed by atoms with Gasteiger partial charge in [0.1, 0.15) is 11.3 Å². The minimum absolute atomic E-state index is 0.0915. The van der Waals surface area contributed by atoms with Crippen LogP contribution in [-0.4, -0.2) is 43.5 Å². The zero-order valence-electron chi connectivity index (χ0n) is 17.9. The number of nitrogens with one attached hydrogen (secondary N) is 3. The normalized spacial score (nSPS) is 18.4. The zero-order valence-corrected chi connectivity index (χ0v) is 17.9. The number of nitrogens with zero attached hydrogens (tertiary/aromatic N) is 2. The first-order valence-electron chi connectivity index (χ1n) is 9.87. The van der Waals surface area contributed by atoms with E-state index in [1.165, 1.54) is 0 Å². The molecule has 4 rings (SSSR count). The summed E-state index contributed by atoms with van der Waals surface area (Å²) in [6, 6.07) is 11.1. The molecule has 0 aliphatic carbocycles. The Bertz CT molecular complexity index is 1120. The van der Waals surface area contributed by atoms with Gasteiger partial charge in [0.2, 0.25) is 11.9 Å². The summed E-state index contributed by atoms with van der Waals surface area (Å²) in [4.78, 5) is 21.5. The first-order valence-corrected chi connectivity index (χ1v) is 9.87. The third-order valence-corrected chi connectivity index (χ3v) is 5.25. The summed E-state index contributed by atoms with van der Waals surface area (Å²) in [6.45, 7) is 1.91. The molecule has 9 heteroatoms. The van der Waals surface area contributed by atoms with Crippen molar-refractivity contribution in [2.75, 3.05) is 26.6 Å². The molecule has 2 aromatic carbocycles. The van der Waals surface area contributed by atoms with E-state index in [-0.39, 0.29) is 11.9 Å². The zero-order chi connectivity index (χ0) is 22.0. The van der Waals surface area contributed by atoms with Crippen molar-refractivity contribution < 1.29 is 19.0 Å². The number of carbonyl (C=O) groups is 1. The minimum Gasteiger partial charge on any atom is -0.494 e. The van der Waals surface area contributed by atoms with Crippen LogP contribution in [0.25, 0.3) is 10.9 Å². The van der Waals surface area contributed by atoms with E-state index in [1.807, 2.05) is 43.3 Å². The van der Waals surface area contributed by atoms with Crippen LogP contribution >= 0.6 is 0 Å². The van der Waals surface area contributed by atoms with Gasteiger partial charge in [-0.05, 0) is 30.7 Å². The van der Waals surface area contributed by atoms with Gasteiger partial charge in [0.25, 0.3) is 0 Å². The number of carbonyl (C=O) groups excluding carboxylic acids is 1. The number of rotatable bonds is 6. The average molecular weight is 423 g/mol. The molecule has 1 fully saturated rings. The summed E-state index contributed by atoms with van der Waals surface area (Å²) >= 11 is 0. The molecule has 0 saturated carbocycles. The molecule has 1 aliphatic rings. The average Bonchev–Trinajstić information content (AvgIpc) is 2.77. The van der Waals surface area contributed by atoms with Crippen LogP contribution in [0.2, 0.25) is 0 Å². The number of anilines is 1. The monoisotopic (exact) mass is 423 g/mol. The van der Waals surface area contributed by atoms with Crippen molar-refractivity contribution in [1.29, 1.82) is 0 Å². The van der Waals surface area contributed by atoms with Gasteiger partial charge in [-0.2, -0.15) is 0 Å². The molecule has 1 aliphatic heterocycles. The number of benzene rings is 2. The van der Waals surface area contributed by atoms with E-state index < -0.39 is 6.29 Å². The molecule has 0 bridgehead atoms. The standard InChI is InChI=1S/C22H25N5O4/c1-12-14-6-5-7-17(30-3)20(14)26-21(23-12)27-22-24-15(11-19(28)25-22)13-8-9-16(29-2)18(10-13)31-4/h5-10,15,22,24H,11H2,1-4H3,(H,25,28)(H,23,26,27). The number of aromatic nitrogens is 2. The molecule has 9 nitrogen and oxygen atoms in total. The fourth-order valence-electron chi connectivity index (χ4n) is 3.71. The molecular weight excluding hydrogens is 398 g/mol. The van der Waals surface area contributed by atoms with Crippen LogP contribution in [0.4, 0.5) is 5.95 Å². The molecule has 2 heterocycles. The van der Waals surface area contributed by atoms with Crippen molar-refractivity contribution in [3.8, 4) is 17.2 Å². The van der Waals surface area contributed by atoms with Crippen LogP contribution in [-0.2, 0) is 4.79 Å². The lowest BCUT2D eigenvalue weighted by Gasteiger charge is -2.32. The Labute approximate surface area is 180 Å². The molecule has 31 heavy (non-hydrogen) atoms. The molecule has 0 radical (unpaired) electrons. The van der Waals surface area contributed by atoms with Crippen molar-refractivity contribution in [2.45, 2.75) is 25.7 Å². The second-order valence-electron chi connectivity index (χ2n) is 7.17. The summed E-state index contributed by atoms with van der Waals surface area (Å²) in [6.07, 6.45) is -0.259. The molecule has 0 spiro atoms. The summed E-state index contributed by atoms with van der Waals surface area (Å²) < 4.78 is 16.1. The lowest BCUT2D eigenvalue weighted by atomic mass is 10.0. The fourth-order valence-corrected chi connectivity index (χ4v) is 3.71. The number of fused-ring (bicyclic) bond motifs is 1. The summed E-state index contributed by atoms with van der Waals surface area (Å²) in [5.41, 5.74) is 2.43. The largest absolute Gasteiger partial charge is 0.494 e. The number of ether oxygens (including phenoxy) is 3. The van der Waals surface area contributed by atoms with Crippen molar-refractivity contribution in [3.05, 3.63) is 47.7 Å². The summed E-state index contributed by atoms with van der Waals surface area (Å²) in [5, 5.41) is 10.3. The number of amides is 1. The highest BCUT2D eigenvalue weighted by molar-refractivity contribution is 5.87. The first kappa shape index (κ1) is 20.7. The Hall–Kier alpha value is -3.59. The highest BCUT2D eigenvalue weighted by atomic mass is 16.5. The highest BCUT2D eigenvalue weighted by Gasteiger charge is 2.28. The van der Waals surface area contributed by atoms with E-state index in [0.717, 1.165) is 16.6 Å². The summed E-state index contributed by atoms with van der Waals surface area (Å²) in [5.74, 6) is 2.20. The van der Waals surface area contributed by atoms with Crippen LogP contribution in [0.1, 0.15) is 23.7 Å². The van der Waals surface area contributed by atoms with Crippen molar-refractivity contribution >= 4 is 22.8 Å². The smallest absolute Gasteiger partial charge is 0.226 e. The van der Waals surface area contributed by atoms with Crippen molar-refractivity contribution in [1.82, 2.24) is 20.6 Å². The number of methoxy groups -OCH3 is 3. The first-order chi connectivity index (χ1) is 15.0. The van der Waals surface area contributed by atoms with Crippen molar-refractivity contribution in [2.24, 2.45) is 0 Å². The van der Waals surface area contributed by atoms with Crippen LogP contribution < -0.4 is 30.2 Å². The Morgan fingerprint density at radius 1 is 1.00 bits per heavy atom. The topological polar surface area (TPSA) is 107 Å². The Morgan fingerprint density at radius 3 is 2.52 bits per heavy atom. The van der Waals surface area contributed by atoms with Gasteiger partial charge in [-0.1, -0.05) is 18.2 Å². The second-order valence-corrected chi connectivity index (χ2v) is 7.17. The molecule has 1 saturated heterocycles. The number of para-hydroxylation sites is 1. The van der Waals surface area contributed by atoms with Gasteiger partial charge in [-0.25, -0.2) is 9.97 Å². The van der Waals surface area contributed by atoms with Gasteiger partial charge >= 0.3 is 0 Å². The highest BCUT2D eigenvalue weighted by Crippen LogP contribution is 2.32. The van der Waals surface area contributed by atoms with Crippen LogP contribution in [0.5, 0.6) is 17.2 Å². The van der Waals surface area contributed by atoms with E-state index in [2.05, 4.69) is 25.9 Å². The van der Waals surface area contributed by atoms with Crippen molar-refractivity contribution in [3.63, 3.8) is 0 Å². The number of hydrogen-bond donors (Lipinski definition) is 3. The predicted octanol–water partition coefficient (Wildman–Crippen LogP) is 2.51. The maximum absolute atomic E-state index is 12.4. The van der Waals surface area contributed by atoms with Gasteiger partial charge in [0.05, 0.1) is 27.0 Å². The van der Waals surface area contributed by atoms with E-state index >= 15 is 0 Å². The molecule has 1 amide bonds. The third-order valence-electron chi connectivity index (χ3n) is 5.25. The molecule has 3 N–H and O–H groups in total. The van der Waals surface area contributed by atoms with Crippen LogP contribution in [0.3, 0.4) is 0 Å². The van der Waals surface area contributed by atoms with E-state index in [1.54, 1.807) is 21.3 Å². The van der Waals surface area contributed by atoms with Gasteiger partial charge < -0.3 is 24.8 Å². The number of hydrogen-bond acceptors (Lipinski definition) is 8. The van der Waals surface area contributed by atoms with Crippen LogP contribution in [0, 0.1) is 6.92 Å². The molecule has 3 aromatic rings. The maximum atomic E-state index is 12.4. The third kappa shape index (κ3) is 4.17. The van der Waals surface area contributed by atoms with Gasteiger partial charge in [-0.15, -0.1) is 0 Å². The molecule has 2 unspecified atom stereocenters. The van der Waals surface area contributed by atoms with Crippen LogP contribution in [0.15, 0.2) is 36.4 Å². The Morgan fingerprint density at radius 2 is 1.77 bits per heavy atom. The lowest BCUT2D eigenvalue weighted by molar-refractivity contribution is -0.124. The fraction of sp³-hybridized carbons (Fsp3) is 0.318.